The van der Waals surface area contributed by atoms with E-state index >= 15 is 0 Å². The van der Waals surface area contributed by atoms with Gasteiger partial charge in [0.15, 0.2) is 0 Å². The normalized spacial score (nSPS) is 37.8. The molecule has 100 valence electrons. The van der Waals surface area contributed by atoms with Crippen LogP contribution >= 0.6 is 0 Å². The van der Waals surface area contributed by atoms with Gasteiger partial charge in [0, 0.05) is 6.04 Å². The summed E-state index contributed by atoms with van der Waals surface area (Å²) in [7, 11) is 0. The molecule has 0 aromatic rings. The summed E-state index contributed by atoms with van der Waals surface area (Å²) >= 11 is 0. The summed E-state index contributed by atoms with van der Waals surface area (Å²) in [6.45, 7) is 10.7. The molecule has 0 radical (unpaired) electrons. The topological polar surface area (TPSA) is 12.0 Å². The first-order chi connectivity index (χ1) is 8.08. The molecule has 0 aliphatic heterocycles. The van der Waals surface area contributed by atoms with Gasteiger partial charge in [-0.25, -0.2) is 0 Å². The molecule has 2 aliphatic rings. The highest BCUT2D eigenvalue weighted by molar-refractivity contribution is 5.04. The minimum atomic E-state index is 0.617. The van der Waals surface area contributed by atoms with Crippen LogP contribution in [0, 0.1) is 23.2 Å². The Morgan fingerprint density at radius 3 is 2.47 bits per heavy atom. The Labute approximate surface area is 108 Å². The molecule has 0 bridgehead atoms. The fraction of sp³-hybridized carbons (Fsp3) is 1.00. The lowest BCUT2D eigenvalue weighted by Crippen LogP contribution is -2.41. The van der Waals surface area contributed by atoms with Crippen molar-refractivity contribution in [2.45, 2.75) is 72.3 Å². The van der Waals surface area contributed by atoms with Crippen molar-refractivity contribution in [2.24, 2.45) is 23.2 Å². The molecule has 1 N–H and O–H groups in total. The molecule has 2 aliphatic carbocycles. The molecule has 0 saturated heterocycles. The minimum Gasteiger partial charge on any atom is -0.314 e. The fourth-order valence-corrected chi connectivity index (χ4v) is 4.02. The second-order valence-electron chi connectivity index (χ2n) is 7.08. The Morgan fingerprint density at radius 2 is 1.94 bits per heavy atom. The third-order valence-electron chi connectivity index (χ3n) is 5.37. The summed E-state index contributed by atoms with van der Waals surface area (Å²) in [5.41, 5.74) is 0.617. The van der Waals surface area contributed by atoms with Crippen molar-refractivity contribution in [3.8, 4) is 0 Å². The summed E-state index contributed by atoms with van der Waals surface area (Å²) in [6, 6.07) is 0.810. The van der Waals surface area contributed by atoms with Gasteiger partial charge in [-0.2, -0.15) is 0 Å². The van der Waals surface area contributed by atoms with Gasteiger partial charge in [-0.15, -0.1) is 0 Å². The van der Waals surface area contributed by atoms with E-state index in [4.69, 9.17) is 0 Å². The zero-order chi connectivity index (χ0) is 12.5. The Morgan fingerprint density at radius 1 is 1.24 bits per heavy atom. The average molecular weight is 237 g/mol. The molecule has 4 atom stereocenters. The first kappa shape index (κ1) is 13.4. The third-order valence-corrected chi connectivity index (χ3v) is 5.37. The lowest BCUT2D eigenvalue weighted by molar-refractivity contribution is 0.187. The van der Waals surface area contributed by atoms with Crippen molar-refractivity contribution in [3.05, 3.63) is 0 Å². The molecule has 0 aromatic heterocycles. The van der Waals surface area contributed by atoms with Crippen LogP contribution in [0.5, 0.6) is 0 Å². The molecule has 17 heavy (non-hydrogen) atoms. The lowest BCUT2D eigenvalue weighted by atomic mass is 9.75. The molecule has 0 spiro atoms. The van der Waals surface area contributed by atoms with Crippen molar-refractivity contribution >= 4 is 0 Å². The van der Waals surface area contributed by atoms with Gasteiger partial charge in [-0.1, -0.05) is 47.0 Å². The van der Waals surface area contributed by atoms with Gasteiger partial charge < -0.3 is 5.32 Å². The maximum Gasteiger partial charge on any atom is 0.0129 e. The lowest BCUT2D eigenvalue weighted by Gasteiger charge is -2.35. The van der Waals surface area contributed by atoms with E-state index in [2.05, 4.69) is 33.0 Å². The highest BCUT2D eigenvalue weighted by atomic mass is 14.9. The van der Waals surface area contributed by atoms with E-state index in [-0.39, 0.29) is 0 Å². The van der Waals surface area contributed by atoms with Gasteiger partial charge in [0.2, 0.25) is 0 Å². The Kier molecular flexibility index (Phi) is 4.18. The van der Waals surface area contributed by atoms with Crippen LogP contribution in [0.3, 0.4) is 0 Å². The van der Waals surface area contributed by atoms with E-state index in [1.54, 1.807) is 0 Å². The van der Waals surface area contributed by atoms with E-state index in [1.165, 1.54) is 38.5 Å². The molecule has 1 heteroatoms. The molecule has 2 rings (SSSR count). The van der Waals surface area contributed by atoms with Crippen LogP contribution in [-0.4, -0.2) is 12.6 Å². The SMILES string of the molecule is CCNC(C1CCCC(CC)C1)C1CC1(C)C. The predicted octanol–water partition coefficient (Wildman–Crippen LogP) is 4.23. The third kappa shape index (κ3) is 3.05. The molecule has 0 heterocycles. The molecule has 2 saturated carbocycles. The maximum absolute atomic E-state index is 3.81. The van der Waals surface area contributed by atoms with Crippen molar-refractivity contribution in [1.29, 1.82) is 0 Å². The van der Waals surface area contributed by atoms with Gasteiger partial charge in [0.25, 0.3) is 0 Å². The molecular formula is C16H31N. The Hall–Kier alpha value is -0.0400. The number of hydrogen-bond acceptors (Lipinski definition) is 1. The minimum absolute atomic E-state index is 0.617. The van der Waals surface area contributed by atoms with E-state index in [0.29, 0.717) is 5.41 Å². The molecule has 4 unspecified atom stereocenters. The van der Waals surface area contributed by atoms with Crippen molar-refractivity contribution in [1.82, 2.24) is 5.32 Å². The summed E-state index contributed by atoms with van der Waals surface area (Å²) in [6.07, 6.45) is 8.75. The fourth-order valence-electron chi connectivity index (χ4n) is 4.02. The van der Waals surface area contributed by atoms with Crippen LogP contribution in [0.4, 0.5) is 0 Å². The van der Waals surface area contributed by atoms with Crippen LogP contribution in [0.1, 0.15) is 66.2 Å². The molecule has 1 nitrogen and oxygen atoms in total. The quantitative estimate of drug-likeness (QED) is 0.754. The summed E-state index contributed by atoms with van der Waals surface area (Å²) in [5.74, 6) is 2.92. The highest BCUT2D eigenvalue weighted by Crippen LogP contribution is 2.56. The largest absolute Gasteiger partial charge is 0.314 e. The standard InChI is InChI=1S/C16H31N/c1-5-12-8-7-9-13(10-12)15(17-6-2)14-11-16(14,3)4/h12-15,17H,5-11H2,1-4H3. The number of nitrogens with one attached hydrogen (secondary N) is 1. The predicted molar refractivity (Wildman–Crippen MR) is 75.1 cm³/mol. The summed E-state index contributed by atoms with van der Waals surface area (Å²) in [4.78, 5) is 0. The van der Waals surface area contributed by atoms with Crippen molar-refractivity contribution < 1.29 is 0 Å². The van der Waals surface area contributed by atoms with E-state index < -0.39 is 0 Å². The molecule has 2 fully saturated rings. The smallest absolute Gasteiger partial charge is 0.0129 e. The van der Waals surface area contributed by atoms with E-state index in [9.17, 15) is 0 Å². The maximum atomic E-state index is 3.81. The zero-order valence-electron chi connectivity index (χ0n) is 12.3. The number of rotatable bonds is 5. The van der Waals surface area contributed by atoms with Crippen LogP contribution in [0.25, 0.3) is 0 Å². The van der Waals surface area contributed by atoms with Crippen molar-refractivity contribution in [3.63, 3.8) is 0 Å². The van der Waals surface area contributed by atoms with Crippen LogP contribution < -0.4 is 5.32 Å². The highest BCUT2D eigenvalue weighted by Gasteiger charge is 2.51. The Balaban J connectivity index is 1.96. The molecular weight excluding hydrogens is 206 g/mol. The molecule has 0 aromatic carbocycles. The second-order valence-corrected chi connectivity index (χ2v) is 7.08. The number of hydrogen-bond donors (Lipinski definition) is 1. The van der Waals surface area contributed by atoms with Gasteiger partial charge in [0.1, 0.15) is 0 Å². The van der Waals surface area contributed by atoms with E-state index in [1.807, 2.05) is 0 Å². The first-order valence-corrected chi connectivity index (χ1v) is 7.81. The molecule has 0 amide bonds. The second kappa shape index (κ2) is 5.30. The zero-order valence-corrected chi connectivity index (χ0v) is 12.3. The first-order valence-electron chi connectivity index (χ1n) is 7.81. The average Bonchev–Trinajstić information content (AvgIpc) is 2.95. The summed E-state index contributed by atoms with van der Waals surface area (Å²) in [5, 5.41) is 3.81. The van der Waals surface area contributed by atoms with E-state index in [0.717, 1.165) is 30.3 Å². The monoisotopic (exact) mass is 237 g/mol. The van der Waals surface area contributed by atoms with Gasteiger partial charge in [0.05, 0.1) is 0 Å². The van der Waals surface area contributed by atoms with Gasteiger partial charge in [-0.3, -0.25) is 0 Å². The van der Waals surface area contributed by atoms with Crippen molar-refractivity contribution in [2.75, 3.05) is 6.54 Å². The Bertz CT molecular complexity index is 246. The van der Waals surface area contributed by atoms with Gasteiger partial charge >= 0.3 is 0 Å². The van der Waals surface area contributed by atoms with Crippen LogP contribution in [-0.2, 0) is 0 Å². The summed E-state index contributed by atoms with van der Waals surface area (Å²) < 4.78 is 0. The van der Waals surface area contributed by atoms with Crippen LogP contribution in [0.15, 0.2) is 0 Å². The van der Waals surface area contributed by atoms with Gasteiger partial charge in [-0.05, 0) is 49.0 Å². The van der Waals surface area contributed by atoms with Crippen LogP contribution in [0.2, 0.25) is 0 Å².